The molecular weight excluding hydrogens is 343 g/mol. The molecule has 7 nitrogen and oxygen atoms in total. The minimum Gasteiger partial charge on any atom is -0.426 e. The number of hydrazine groups is 1. The summed E-state index contributed by atoms with van der Waals surface area (Å²) < 4.78 is 0. The van der Waals surface area contributed by atoms with Crippen LogP contribution >= 0.6 is 0 Å². The van der Waals surface area contributed by atoms with E-state index in [1.807, 2.05) is 30.3 Å². The largest absolute Gasteiger partial charge is 0.475 e. The molecule has 2 aromatic rings. The summed E-state index contributed by atoms with van der Waals surface area (Å²) in [6, 6.07) is 15.0. The standard InChI is InChI=1S/C19H27BN4O3/c1-2-14-6-5-7-15(12-14)13-18(20(26)27)23-19(25)10-11-24(22)17-9-4-3-8-16(17)21/h3-9,12,18,26-27H,2,10-11,13,21-22H2,1H3,(H,23,25). The maximum Gasteiger partial charge on any atom is 0.475 e. The number of hydrogen-bond acceptors (Lipinski definition) is 6. The van der Waals surface area contributed by atoms with Crippen molar-refractivity contribution in [3.63, 3.8) is 0 Å². The van der Waals surface area contributed by atoms with Crippen molar-refractivity contribution in [1.82, 2.24) is 5.32 Å². The summed E-state index contributed by atoms with van der Waals surface area (Å²) in [5.41, 5.74) is 9.13. The van der Waals surface area contributed by atoms with Crippen molar-refractivity contribution in [2.24, 2.45) is 5.84 Å². The summed E-state index contributed by atoms with van der Waals surface area (Å²) in [5, 5.41) is 23.3. The van der Waals surface area contributed by atoms with Crippen molar-refractivity contribution in [2.45, 2.75) is 32.1 Å². The molecule has 0 heterocycles. The molecule has 0 aliphatic carbocycles. The number of nitrogens with one attached hydrogen (secondary N) is 1. The molecule has 0 saturated carbocycles. The van der Waals surface area contributed by atoms with Gasteiger partial charge in [-0.15, -0.1) is 0 Å². The van der Waals surface area contributed by atoms with Crippen molar-refractivity contribution in [1.29, 1.82) is 0 Å². The Bertz CT molecular complexity index is 757. The van der Waals surface area contributed by atoms with Crippen LogP contribution in [0.5, 0.6) is 0 Å². The highest BCUT2D eigenvalue weighted by atomic mass is 16.4. The molecule has 0 aliphatic heterocycles. The highest BCUT2D eigenvalue weighted by Gasteiger charge is 2.25. The fourth-order valence-electron chi connectivity index (χ4n) is 2.83. The molecule has 0 aromatic heterocycles. The Morgan fingerprint density at radius 1 is 1.19 bits per heavy atom. The van der Waals surface area contributed by atoms with E-state index in [9.17, 15) is 14.8 Å². The SMILES string of the molecule is CCc1cccc(CC(NC(=O)CCN(N)c2ccccc2N)B(O)O)c1. The number of carbonyl (C=O) groups is 1. The molecule has 1 amide bonds. The van der Waals surface area contributed by atoms with Crippen LogP contribution in [0.25, 0.3) is 0 Å². The number of nitrogens with zero attached hydrogens (tertiary/aromatic N) is 1. The van der Waals surface area contributed by atoms with Gasteiger partial charge in [-0.25, -0.2) is 5.84 Å². The van der Waals surface area contributed by atoms with Crippen molar-refractivity contribution < 1.29 is 14.8 Å². The van der Waals surface area contributed by atoms with Gasteiger partial charge in [0, 0.05) is 13.0 Å². The van der Waals surface area contributed by atoms with Gasteiger partial charge in [-0.1, -0.05) is 43.3 Å². The molecule has 0 spiro atoms. The zero-order chi connectivity index (χ0) is 19.8. The van der Waals surface area contributed by atoms with Gasteiger partial charge < -0.3 is 26.1 Å². The number of aryl methyl sites for hydroxylation is 1. The third kappa shape index (κ3) is 6.28. The van der Waals surface area contributed by atoms with Crippen LogP contribution in [0.3, 0.4) is 0 Å². The summed E-state index contributed by atoms with van der Waals surface area (Å²) in [6.45, 7) is 2.30. The normalized spacial score (nSPS) is 11.7. The molecule has 0 radical (unpaired) electrons. The Morgan fingerprint density at radius 2 is 1.89 bits per heavy atom. The number of amides is 1. The van der Waals surface area contributed by atoms with Crippen LogP contribution in [-0.2, 0) is 17.6 Å². The van der Waals surface area contributed by atoms with Gasteiger partial charge in [0.15, 0.2) is 0 Å². The van der Waals surface area contributed by atoms with E-state index in [1.54, 1.807) is 18.2 Å². The molecule has 1 atom stereocenters. The molecule has 0 aliphatic rings. The molecule has 0 saturated heterocycles. The summed E-state index contributed by atoms with van der Waals surface area (Å²) in [5.74, 6) is 4.86. The quantitative estimate of drug-likeness (QED) is 0.191. The molecular formula is C19H27BN4O3. The number of anilines is 2. The highest BCUT2D eigenvalue weighted by Crippen LogP contribution is 2.19. The van der Waals surface area contributed by atoms with Gasteiger partial charge in [0.2, 0.25) is 5.91 Å². The van der Waals surface area contributed by atoms with Gasteiger partial charge in [-0.05, 0) is 36.1 Å². The Labute approximate surface area is 160 Å². The number of para-hydroxylation sites is 2. The maximum absolute atomic E-state index is 12.2. The summed E-state index contributed by atoms with van der Waals surface area (Å²) >= 11 is 0. The Hall–Kier alpha value is -2.55. The monoisotopic (exact) mass is 370 g/mol. The van der Waals surface area contributed by atoms with Crippen LogP contribution in [0.2, 0.25) is 0 Å². The van der Waals surface area contributed by atoms with E-state index in [0.717, 1.165) is 17.5 Å². The van der Waals surface area contributed by atoms with E-state index in [4.69, 9.17) is 11.6 Å². The molecule has 2 aromatic carbocycles. The van der Waals surface area contributed by atoms with Gasteiger partial charge in [0.1, 0.15) is 0 Å². The second-order valence-electron chi connectivity index (χ2n) is 6.47. The second-order valence-corrected chi connectivity index (χ2v) is 6.47. The number of hydrogen-bond donors (Lipinski definition) is 5. The smallest absolute Gasteiger partial charge is 0.426 e. The van der Waals surface area contributed by atoms with E-state index < -0.39 is 13.1 Å². The molecule has 27 heavy (non-hydrogen) atoms. The van der Waals surface area contributed by atoms with E-state index in [0.29, 0.717) is 17.8 Å². The molecule has 8 heteroatoms. The molecule has 0 fully saturated rings. The van der Waals surface area contributed by atoms with Gasteiger partial charge in [0.25, 0.3) is 0 Å². The number of rotatable bonds is 9. The molecule has 2 rings (SSSR count). The van der Waals surface area contributed by atoms with Crippen LogP contribution in [0, 0.1) is 0 Å². The second kappa shape index (κ2) is 9.96. The first-order valence-electron chi connectivity index (χ1n) is 9.00. The predicted molar refractivity (Wildman–Crippen MR) is 109 cm³/mol. The minimum absolute atomic E-state index is 0.100. The van der Waals surface area contributed by atoms with E-state index in [-0.39, 0.29) is 18.9 Å². The van der Waals surface area contributed by atoms with Crippen LogP contribution in [0.15, 0.2) is 48.5 Å². The zero-order valence-electron chi connectivity index (χ0n) is 15.5. The molecule has 7 N–H and O–H groups in total. The number of nitrogens with two attached hydrogens (primary N) is 2. The van der Waals surface area contributed by atoms with Crippen LogP contribution in [0.1, 0.15) is 24.5 Å². The summed E-state index contributed by atoms with van der Waals surface area (Å²) in [4.78, 5) is 12.2. The molecule has 0 bridgehead atoms. The summed E-state index contributed by atoms with van der Waals surface area (Å²) in [6.07, 6.45) is 1.32. The van der Waals surface area contributed by atoms with Crippen molar-refractivity contribution in [3.8, 4) is 0 Å². The summed E-state index contributed by atoms with van der Waals surface area (Å²) in [7, 11) is -1.65. The fourth-order valence-corrected chi connectivity index (χ4v) is 2.83. The first-order valence-corrected chi connectivity index (χ1v) is 9.00. The van der Waals surface area contributed by atoms with E-state index >= 15 is 0 Å². The Balaban J connectivity index is 1.91. The molecule has 1 unspecified atom stereocenters. The van der Waals surface area contributed by atoms with Gasteiger partial charge >= 0.3 is 7.12 Å². The zero-order valence-corrected chi connectivity index (χ0v) is 15.5. The minimum atomic E-state index is -1.65. The average molecular weight is 370 g/mol. The van der Waals surface area contributed by atoms with Gasteiger partial charge in [0.05, 0.1) is 17.3 Å². The first-order chi connectivity index (χ1) is 12.9. The van der Waals surface area contributed by atoms with Gasteiger partial charge in [-0.2, -0.15) is 0 Å². The van der Waals surface area contributed by atoms with Crippen LogP contribution in [-0.4, -0.2) is 35.6 Å². The fraction of sp³-hybridized carbons (Fsp3) is 0.316. The lowest BCUT2D eigenvalue weighted by molar-refractivity contribution is -0.121. The van der Waals surface area contributed by atoms with Crippen molar-refractivity contribution in [3.05, 3.63) is 59.7 Å². The topological polar surface area (TPSA) is 125 Å². The highest BCUT2D eigenvalue weighted by molar-refractivity contribution is 6.43. The maximum atomic E-state index is 12.2. The lowest BCUT2D eigenvalue weighted by Crippen LogP contribution is -2.48. The number of benzene rings is 2. The van der Waals surface area contributed by atoms with Crippen LogP contribution in [0.4, 0.5) is 11.4 Å². The Kier molecular flexibility index (Phi) is 7.66. The third-order valence-electron chi connectivity index (χ3n) is 4.39. The average Bonchev–Trinajstić information content (AvgIpc) is 2.66. The van der Waals surface area contributed by atoms with Crippen molar-refractivity contribution in [2.75, 3.05) is 17.3 Å². The first kappa shape index (κ1) is 20.8. The number of nitrogen functional groups attached to an aromatic ring is 1. The van der Waals surface area contributed by atoms with E-state index in [2.05, 4.69) is 12.2 Å². The predicted octanol–water partition coefficient (Wildman–Crippen LogP) is 0.641. The number of carbonyl (C=O) groups excluding carboxylic acids is 1. The third-order valence-corrected chi connectivity index (χ3v) is 4.39. The van der Waals surface area contributed by atoms with Crippen molar-refractivity contribution >= 4 is 24.4 Å². The van der Waals surface area contributed by atoms with Gasteiger partial charge in [-0.3, -0.25) is 4.79 Å². The molecule has 144 valence electrons. The van der Waals surface area contributed by atoms with E-state index in [1.165, 1.54) is 5.01 Å². The lowest BCUT2D eigenvalue weighted by Gasteiger charge is -2.22. The lowest BCUT2D eigenvalue weighted by atomic mass is 9.75. The Morgan fingerprint density at radius 3 is 2.56 bits per heavy atom. The van der Waals surface area contributed by atoms with Crippen LogP contribution < -0.4 is 21.9 Å².